The molecule has 0 amide bonds. The second-order valence-corrected chi connectivity index (χ2v) is 5.27. The van der Waals surface area contributed by atoms with Crippen molar-refractivity contribution in [2.24, 2.45) is 0 Å². The highest BCUT2D eigenvalue weighted by molar-refractivity contribution is 6.42. The average molecular weight is 278 g/mol. The molecule has 92 valence electrons. The van der Waals surface area contributed by atoms with Gasteiger partial charge in [0.05, 0.1) is 16.1 Å². The van der Waals surface area contributed by atoms with Crippen molar-refractivity contribution >= 4 is 23.2 Å². The van der Waals surface area contributed by atoms with E-state index in [0.29, 0.717) is 10.0 Å². The molecule has 1 N–H and O–H groups in total. The van der Waals surface area contributed by atoms with Gasteiger partial charge >= 0.3 is 0 Å². The molecule has 1 atom stereocenters. The van der Waals surface area contributed by atoms with Crippen LogP contribution in [0, 0.1) is 0 Å². The van der Waals surface area contributed by atoms with Crippen molar-refractivity contribution in [2.45, 2.75) is 12.5 Å². The Hall–Kier alpha value is -1.02. The maximum Gasteiger partial charge on any atom is 0.0646 e. The first-order chi connectivity index (χ1) is 8.77. The highest BCUT2D eigenvalue weighted by Crippen LogP contribution is 2.37. The lowest BCUT2D eigenvalue weighted by molar-refractivity contribution is 0.568. The zero-order chi connectivity index (χ0) is 12.5. The normalized spacial score (nSPS) is 18.4. The molecule has 3 rings (SSSR count). The molecule has 0 bridgehead atoms. The zero-order valence-corrected chi connectivity index (χ0v) is 11.3. The minimum Gasteiger partial charge on any atom is -0.306 e. The molecule has 0 saturated carbocycles. The van der Waals surface area contributed by atoms with E-state index in [1.807, 2.05) is 24.3 Å². The first-order valence-corrected chi connectivity index (χ1v) is 6.78. The third-order valence-corrected chi connectivity index (χ3v) is 4.21. The molecule has 1 heterocycles. The molecule has 0 aliphatic carbocycles. The van der Waals surface area contributed by atoms with Gasteiger partial charge in [-0.15, -0.1) is 0 Å². The van der Waals surface area contributed by atoms with Crippen LogP contribution >= 0.6 is 23.2 Å². The second kappa shape index (κ2) is 4.93. The van der Waals surface area contributed by atoms with Crippen LogP contribution in [0.25, 0.3) is 0 Å². The molecule has 0 radical (unpaired) electrons. The predicted molar refractivity (Wildman–Crippen MR) is 76.5 cm³/mol. The van der Waals surface area contributed by atoms with Crippen molar-refractivity contribution < 1.29 is 0 Å². The van der Waals surface area contributed by atoms with Gasteiger partial charge in [-0.05, 0) is 29.2 Å². The Morgan fingerprint density at radius 2 is 1.78 bits per heavy atom. The van der Waals surface area contributed by atoms with E-state index >= 15 is 0 Å². The van der Waals surface area contributed by atoms with Crippen LogP contribution in [0.5, 0.6) is 0 Å². The summed E-state index contributed by atoms with van der Waals surface area (Å²) in [6.45, 7) is 0.963. The van der Waals surface area contributed by atoms with E-state index in [0.717, 1.165) is 18.5 Å². The third kappa shape index (κ3) is 2.03. The van der Waals surface area contributed by atoms with Gasteiger partial charge in [-0.3, -0.25) is 0 Å². The Morgan fingerprint density at radius 3 is 2.56 bits per heavy atom. The fourth-order valence-electron chi connectivity index (χ4n) is 2.52. The van der Waals surface area contributed by atoms with E-state index in [1.54, 1.807) is 0 Å². The minimum atomic E-state index is 0.140. The molecule has 2 aromatic carbocycles. The lowest BCUT2D eigenvalue weighted by Gasteiger charge is -2.28. The summed E-state index contributed by atoms with van der Waals surface area (Å²) in [7, 11) is 0. The highest BCUT2D eigenvalue weighted by Gasteiger charge is 2.24. The van der Waals surface area contributed by atoms with Crippen molar-refractivity contribution in [3.05, 3.63) is 69.2 Å². The van der Waals surface area contributed by atoms with Gasteiger partial charge in [0.1, 0.15) is 0 Å². The second-order valence-electron chi connectivity index (χ2n) is 4.48. The van der Waals surface area contributed by atoms with E-state index in [1.165, 1.54) is 11.1 Å². The van der Waals surface area contributed by atoms with Crippen LogP contribution in [0.4, 0.5) is 0 Å². The van der Waals surface area contributed by atoms with Crippen LogP contribution in [-0.2, 0) is 6.42 Å². The molecule has 0 spiro atoms. The van der Waals surface area contributed by atoms with Crippen LogP contribution in [0.1, 0.15) is 22.7 Å². The molecule has 0 aromatic heterocycles. The van der Waals surface area contributed by atoms with E-state index in [-0.39, 0.29) is 6.04 Å². The Morgan fingerprint density at radius 1 is 1.00 bits per heavy atom. The average Bonchev–Trinajstić information content (AvgIpc) is 2.43. The summed E-state index contributed by atoms with van der Waals surface area (Å²) in [6, 6.07) is 14.5. The summed E-state index contributed by atoms with van der Waals surface area (Å²) < 4.78 is 0. The van der Waals surface area contributed by atoms with Gasteiger partial charge in [-0.25, -0.2) is 0 Å². The molecule has 0 fully saturated rings. The van der Waals surface area contributed by atoms with Crippen molar-refractivity contribution in [3.8, 4) is 0 Å². The van der Waals surface area contributed by atoms with Crippen molar-refractivity contribution in [1.29, 1.82) is 0 Å². The van der Waals surface area contributed by atoms with Crippen molar-refractivity contribution in [2.75, 3.05) is 6.54 Å². The Labute approximate surface area is 117 Å². The molecule has 18 heavy (non-hydrogen) atoms. The summed E-state index contributed by atoms with van der Waals surface area (Å²) in [5.41, 5.74) is 3.64. The van der Waals surface area contributed by atoms with Crippen LogP contribution in [0.3, 0.4) is 0 Å². The highest BCUT2D eigenvalue weighted by atomic mass is 35.5. The Bertz CT molecular complexity index is 566. The quantitative estimate of drug-likeness (QED) is 0.823. The zero-order valence-electron chi connectivity index (χ0n) is 9.79. The lowest BCUT2D eigenvalue weighted by Crippen LogP contribution is -2.30. The monoisotopic (exact) mass is 277 g/mol. The molecule has 1 aliphatic rings. The summed E-state index contributed by atoms with van der Waals surface area (Å²) in [6.07, 6.45) is 0.996. The summed E-state index contributed by atoms with van der Waals surface area (Å²) in [4.78, 5) is 0. The minimum absolute atomic E-state index is 0.140. The van der Waals surface area contributed by atoms with E-state index in [9.17, 15) is 0 Å². The molecule has 0 unspecified atom stereocenters. The first-order valence-electron chi connectivity index (χ1n) is 6.02. The number of hydrogen-bond donors (Lipinski definition) is 1. The number of rotatable bonds is 1. The van der Waals surface area contributed by atoms with Crippen LogP contribution < -0.4 is 5.32 Å². The maximum absolute atomic E-state index is 6.38. The predicted octanol–water partition coefficient (Wildman–Crippen LogP) is 4.23. The van der Waals surface area contributed by atoms with Crippen LogP contribution in [0.2, 0.25) is 10.0 Å². The van der Waals surface area contributed by atoms with Crippen molar-refractivity contribution in [3.63, 3.8) is 0 Å². The number of hydrogen-bond acceptors (Lipinski definition) is 1. The standard InChI is InChI=1S/C15H13Cl2N/c16-12-7-6-10-8-9-18-15(13(10)14(12)17)11-4-2-1-3-5-11/h1-7,15,18H,8-9H2/t15-/m1/s1. The topological polar surface area (TPSA) is 12.0 Å². The number of halogens is 2. The van der Waals surface area contributed by atoms with Gasteiger partial charge in [0.2, 0.25) is 0 Å². The van der Waals surface area contributed by atoms with Gasteiger partial charge in [0, 0.05) is 6.54 Å². The Kier molecular flexibility index (Phi) is 3.29. The molecular formula is C15H13Cl2N. The first kappa shape index (κ1) is 12.0. The van der Waals surface area contributed by atoms with Gasteiger partial charge in [-0.1, -0.05) is 59.6 Å². The van der Waals surface area contributed by atoms with E-state index < -0.39 is 0 Å². The SMILES string of the molecule is Clc1ccc2c(c1Cl)[C@@H](c1ccccc1)NCC2. The van der Waals surface area contributed by atoms with Crippen LogP contribution in [0.15, 0.2) is 42.5 Å². The fraction of sp³-hybridized carbons (Fsp3) is 0.200. The summed E-state index contributed by atoms with van der Waals surface area (Å²) >= 11 is 12.5. The molecule has 1 aliphatic heterocycles. The molecular weight excluding hydrogens is 265 g/mol. The summed E-state index contributed by atoms with van der Waals surface area (Å²) in [5, 5.41) is 4.82. The number of nitrogens with one attached hydrogen (secondary N) is 1. The smallest absolute Gasteiger partial charge is 0.0646 e. The van der Waals surface area contributed by atoms with Gasteiger partial charge < -0.3 is 5.32 Å². The van der Waals surface area contributed by atoms with E-state index in [4.69, 9.17) is 23.2 Å². The van der Waals surface area contributed by atoms with Gasteiger partial charge in [0.25, 0.3) is 0 Å². The number of fused-ring (bicyclic) bond motifs is 1. The third-order valence-electron chi connectivity index (χ3n) is 3.39. The van der Waals surface area contributed by atoms with Gasteiger partial charge in [0.15, 0.2) is 0 Å². The molecule has 2 aromatic rings. The van der Waals surface area contributed by atoms with Crippen molar-refractivity contribution in [1.82, 2.24) is 5.32 Å². The van der Waals surface area contributed by atoms with E-state index in [2.05, 4.69) is 23.5 Å². The molecule has 1 nitrogen and oxygen atoms in total. The Balaban J connectivity index is 2.15. The number of benzene rings is 2. The molecule has 3 heteroatoms. The molecule has 0 saturated heterocycles. The van der Waals surface area contributed by atoms with Gasteiger partial charge in [-0.2, -0.15) is 0 Å². The fourth-order valence-corrected chi connectivity index (χ4v) is 2.98. The summed E-state index contributed by atoms with van der Waals surface area (Å²) in [5.74, 6) is 0. The van der Waals surface area contributed by atoms with Crippen LogP contribution in [-0.4, -0.2) is 6.54 Å². The largest absolute Gasteiger partial charge is 0.306 e. The maximum atomic E-state index is 6.38. The lowest BCUT2D eigenvalue weighted by atomic mass is 9.90.